The van der Waals surface area contributed by atoms with Gasteiger partial charge in [0.05, 0.1) is 11.9 Å². The van der Waals surface area contributed by atoms with Crippen molar-refractivity contribution >= 4 is 21.6 Å². The van der Waals surface area contributed by atoms with Gasteiger partial charge >= 0.3 is 0 Å². The first-order valence-corrected chi connectivity index (χ1v) is 7.12. The lowest BCUT2D eigenvalue weighted by molar-refractivity contribution is 0.471. The zero-order valence-corrected chi connectivity index (χ0v) is 12.3. The van der Waals surface area contributed by atoms with Crippen molar-refractivity contribution in [1.82, 2.24) is 9.78 Å². The summed E-state index contributed by atoms with van der Waals surface area (Å²) < 4.78 is 1.53. The van der Waals surface area contributed by atoms with Crippen molar-refractivity contribution in [2.24, 2.45) is 5.92 Å². The molecular weight excluding hydrogens is 282 g/mol. The number of aromatic nitrogens is 2. The summed E-state index contributed by atoms with van der Waals surface area (Å²) in [5.74, 6) is 0.402. The monoisotopic (exact) mass is 301 g/mol. The average Bonchev–Trinajstić information content (AvgIpc) is 2.33. The predicted octanol–water partition coefficient (Wildman–Crippen LogP) is 2.12. The SMILES string of the molecule is CCN(CC)c1cnn(CC(C)CBr)c(=O)c1. The van der Waals surface area contributed by atoms with Crippen molar-refractivity contribution in [1.29, 1.82) is 0 Å². The minimum atomic E-state index is -0.0257. The number of nitrogens with zero attached hydrogens (tertiary/aromatic N) is 3. The van der Waals surface area contributed by atoms with Gasteiger partial charge in [-0.1, -0.05) is 22.9 Å². The van der Waals surface area contributed by atoms with E-state index in [1.165, 1.54) is 4.68 Å². The van der Waals surface area contributed by atoms with Crippen LogP contribution in [-0.2, 0) is 6.54 Å². The van der Waals surface area contributed by atoms with Gasteiger partial charge in [-0.2, -0.15) is 5.10 Å². The lowest BCUT2D eigenvalue weighted by Gasteiger charge is -2.20. The summed E-state index contributed by atoms with van der Waals surface area (Å²) in [6.45, 7) is 8.66. The molecule has 0 radical (unpaired) electrons. The Labute approximate surface area is 111 Å². The molecule has 0 saturated carbocycles. The van der Waals surface area contributed by atoms with E-state index >= 15 is 0 Å². The Bertz CT molecular complexity index is 401. The summed E-state index contributed by atoms with van der Waals surface area (Å²) in [5.41, 5.74) is 0.880. The molecule has 0 amide bonds. The van der Waals surface area contributed by atoms with Gasteiger partial charge in [0.1, 0.15) is 0 Å². The number of alkyl halides is 1. The van der Waals surface area contributed by atoms with Crippen molar-refractivity contribution in [2.75, 3.05) is 23.3 Å². The Morgan fingerprint density at radius 3 is 2.59 bits per heavy atom. The molecule has 0 aromatic carbocycles. The molecule has 0 saturated heterocycles. The Morgan fingerprint density at radius 1 is 1.47 bits per heavy atom. The fourth-order valence-electron chi connectivity index (χ4n) is 1.67. The summed E-state index contributed by atoms with van der Waals surface area (Å²) in [6, 6.07) is 1.67. The Balaban J connectivity index is 2.90. The molecule has 1 aromatic rings. The second-order valence-electron chi connectivity index (χ2n) is 4.17. The number of halogens is 1. The van der Waals surface area contributed by atoms with Gasteiger partial charge in [-0.15, -0.1) is 0 Å². The quantitative estimate of drug-likeness (QED) is 0.756. The van der Waals surface area contributed by atoms with Crippen molar-refractivity contribution in [3.8, 4) is 0 Å². The van der Waals surface area contributed by atoms with Gasteiger partial charge in [-0.25, -0.2) is 4.68 Å². The molecule has 4 nitrogen and oxygen atoms in total. The predicted molar refractivity (Wildman–Crippen MR) is 75.0 cm³/mol. The first kappa shape index (κ1) is 14.2. The second kappa shape index (κ2) is 6.79. The van der Waals surface area contributed by atoms with Crippen LogP contribution in [0.2, 0.25) is 0 Å². The largest absolute Gasteiger partial charge is 0.371 e. The van der Waals surface area contributed by atoms with Crippen LogP contribution in [-0.4, -0.2) is 28.2 Å². The maximum Gasteiger partial charge on any atom is 0.268 e. The van der Waals surface area contributed by atoms with Crippen LogP contribution >= 0.6 is 15.9 Å². The topological polar surface area (TPSA) is 38.1 Å². The van der Waals surface area contributed by atoms with E-state index in [0.717, 1.165) is 24.1 Å². The zero-order chi connectivity index (χ0) is 12.8. The highest BCUT2D eigenvalue weighted by molar-refractivity contribution is 9.09. The maximum atomic E-state index is 11.9. The fraction of sp³-hybridized carbons (Fsp3) is 0.667. The van der Waals surface area contributed by atoms with Crippen LogP contribution in [0.4, 0.5) is 5.69 Å². The maximum absolute atomic E-state index is 11.9. The molecule has 5 heteroatoms. The molecule has 1 rings (SSSR count). The Hall–Kier alpha value is -0.840. The summed E-state index contributed by atoms with van der Waals surface area (Å²) in [4.78, 5) is 14.0. The summed E-state index contributed by atoms with van der Waals surface area (Å²) in [7, 11) is 0. The second-order valence-corrected chi connectivity index (χ2v) is 4.81. The van der Waals surface area contributed by atoms with E-state index in [0.29, 0.717) is 12.5 Å². The van der Waals surface area contributed by atoms with Crippen molar-refractivity contribution in [2.45, 2.75) is 27.3 Å². The third-order valence-corrected chi connectivity index (χ3v) is 3.84. The van der Waals surface area contributed by atoms with Crippen LogP contribution in [0.25, 0.3) is 0 Å². The number of anilines is 1. The average molecular weight is 302 g/mol. The number of rotatable bonds is 6. The van der Waals surface area contributed by atoms with Crippen LogP contribution < -0.4 is 10.5 Å². The molecule has 0 aliphatic carbocycles. The third-order valence-electron chi connectivity index (χ3n) is 2.73. The van der Waals surface area contributed by atoms with Gasteiger partial charge in [0, 0.05) is 31.0 Å². The molecule has 1 heterocycles. The molecule has 1 unspecified atom stereocenters. The van der Waals surface area contributed by atoms with Gasteiger partial charge in [-0.05, 0) is 19.8 Å². The van der Waals surface area contributed by atoms with Crippen LogP contribution in [0.15, 0.2) is 17.1 Å². The van der Waals surface area contributed by atoms with Gasteiger partial charge in [0.15, 0.2) is 0 Å². The normalized spacial score (nSPS) is 12.5. The molecule has 96 valence electrons. The van der Waals surface area contributed by atoms with E-state index in [4.69, 9.17) is 0 Å². The lowest BCUT2D eigenvalue weighted by Crippen LogP contribution is -2.29. The van der Waals surface area contributed by atoms with Gasteiger partial charge in [-0.3, -0.25) is 4.79 Å². The molecule has 1 aromatic heterocycles. The van der Waals surface area contributed by atoms with Crippen LogP contribution in [0.5, 0.6) is 0 Å². The number of hydrogen-bond donors (Lipinski definition) is 0. The molecule has 1 atom stereocenters. The minimum Gasteiger partial charge on any atom is -0.371 e. The van der Waals surface area contributed by atoms with Gasteiger partial charge in [0.25, 0.3) is 5.56 Å². The van der Waals surface area contributed by atoms with Crippen LogP contribution in [0.1, 0.15) is 20.8 Å². The van der Waals surface area contributed by atoms with E-state index in [1.54, 1.807) is 12.3 Å². The highest BCUT2D eigenvalue weighted by Gasteiger charge is 2.07. The van der Waals surface area contributed by atoms with Crippen LogP contribution in [0.3, 0.4) is 0 Å². The third kappa shape index (κ3) is 3.84. The summed E-state index contributed by atoms with van der Waals surface area (Å²) in [5, 5.41) is 5.10. The molecular formula is C12H20BrN3O. The summed E-state index contributed by atoms with van der Waals surface area (Å²) in [6.07, 6.45) is 1.77. The van der Waals surface area contributed by atoms with E-state index < -0.39 is 0 Å². The Kier molecular flexibility index (Phi) is 5.68. The van der Waals surface area contributed by atoms with Crippen molar-refractivity contribution in [3.63, 3.8) is 0 Å². The molecule has 0 spiro atoms. The van der Waals surface area contributed by atoms with Crippen molar-refractivity contribution in [3.05, 3.63) is 22.6 Å². The van der Waals surface area contributed by atoms with E-state index in [2.05, 4.69) is 46.7 Å². The molecule has 0 N–H and O–H groups in total. The molecule has 0 aliphatic rings. The molecule has 0 bridgehead atoms. The standard InChI is InChI=1S/C12H20BrN3O/c1-4-15(5-2)11-6-12(17)16(14-8-11)9-10(3)7-13/h6,8,10H,4-5,7,9H2,1-3H3. The van der Waals surface area contributed by atoms with E-state index in [9.17, 15) is 4.79 Å². The van der Waals surface area contributed by atoms with Gasteiger partial charge in [0.2, 0.25) is 0 Å². The van der Waals surface area contributed by atoms with Gasteiger partial charge < -0.3 is 4.90 Å². The van der Waals surface area contributed by atoms with Crippen LogP contribution in [0, 0.1) is 5.92 Å². The molecule has 0 fully saturated rings. The number of hydrogen-bond acceptors (Lipinski definition) is 3. The molecule has 17 heavy (non-hydrogen) atoms. The van der Waals surface area contributed by atoms with E-state index in [-0.39, 0.29) is 5.56 Å². The lowest BCUT2D eigenvalue weighted by atomic mass is 10.2. The van der Waals surface area contributed by atoms with E-state index in [1.807, 2.05) is 0 Å². The highest BCUT2D eigenvalue weighted by atomic mass is 79.9. The minimum absolute atomic E-state index is 0.0257. The first-order chi connectivity index (χ1) is 8.12. The Morgan fingerprint density at radius 2 is 2.12 bits per heavy atom. The smallest absolute Gasteiger partial charge is 0.268 e. The first-order valence-electron chi connectivity index (χ1n) is 6.00. The zero-order valence-electron chi connectivity index (χ0n) is 10.7. The fourth-order valence-corrected chi connectivity index (χ4v) is 1.87. The highest BCUT2D eigenvalue weighted by Crippen LogP contribution is 2.09. The van der Waals surface area contributed by atoms with Crippen molar-refractivity contribution < 1.29 is 0 Å². The summed E-state index contributed by atoms with van der Waals surface area (Å²) >= 11 is 3.41. The molecule has 0 aliphatic heterocycles.